The summed E-state index contributed by atoms with van der Waals surface area (Å²) in [5.41, 5.74) is 4.03. The molecule has 0 bridgehead atoms. The number of hydrogen-bond donors (Lipinski definition) is 0. The molecule has 0 aliphatic heterocycles. The van der Waals surface area contributed by atoms with Gasteiger partial charge in [0.2, 0.25) is 0 Å². The second-order valence-electron chi connectivity index (χ2n) is 14.2. The third-order valence-electron chi connectivity index (χ3n) is 9.44. The Labute approximate surface area is 358 Å². The molecule has 0 saturated carbocycles. The van der Waals surface area contributed by atoms with E-state index in [1.165, 1.54) is 0 Å². The molecule has 0 atom stereocenters. The molecule has 0 N–H and O–H groups in total. The van der Waals surface area contributed by atoms with Crippen molar-refractivity contribution in [3.05, 3.63) is 175 Å². The number of ketones is 1. The maximum absolute atomic E-state index is 12.8. The molecule has 0 unspecified atom stereocenters. The van der Waals surface area contributed by atoms with Gasteiger partial charge in [-0.25, -0.2) is 0 Å². The maximum atomic E-state index is 12.8. The van der Waals surface area contributed by atoms with Crippen LogP contribution in [0.1, 0.15) is 67.3 Å². The monoisotopic (exact) mass is 815 g/mol. The van der Waals surface area contributed by atoms with Crippen LogP contribution in [0, 0.1) is 0 Å². The van der Waals surface area contributed by atoms with Crippen molar-refractivity contribution in [3.63, 3.8) is 0 Å². The molecule has 0 aromatic heterocycles. The number of nitrogens with zero attached hydrogens (tertiary/aromatic N) is 4. The standard InChI is InChI=1S/C51H52N4O6/c56-50(40-19-27-46(28-20-40)58-35-11-1-3-13-37-60-48-31-23-44(24-32-48)54-52-42-15-7-5-8-16-42)39-51(57)41-21-29-47(30-22-41)59-36-12-2-4-14-38-61-49-33-25-45(26-34-49)55-53-43-17-9-6-10-18-43/h5-10,15-34,39,56H,1-4,11-14,35-38H2/p-1/b50-39-,54-52?,55-53?. The van der Waals surface area contributed by atoms with Gasteiger partial charge in [0.1, 0.15) is 23.0 Å². The van der Waals surface area contributed by atoms with E-state index in [-0.39, 0.29) is 11.5 Å². The quantitative estimate of drug-likeness (QED) is 0.0186. The van der Waals surface area contributed by atoms with Gasteiger partial charge in [0, 0.05) is 5.56 Å². The molecule has 0 saturated heterocycles. The normalized spacial score (nSPS) is 11.5. The van der Waals surface area contributed by atoms with Crippen LogP contribution in [0.25, 0.3) is 5.76 Å². The van der Waals surface area contributed by atoms with Crippen LogP contribution in [0.5, 0.6) is 23.0 Å². The van der Waals surface area contributed by atoms with Crippen molar-refractivity contribution < 1.29 is 28.8 Å². The van der Waals surface area contributed by atoms with E-state index in [4.69, 9.17) is 18.9 Å². The largest absolute Gasteiger partial charge is 0.872 e. The highest BCUT2D eigenvalue weighted by Crippen LogP contribution is 2.24. The molecule has 0 aliphatic carbocycles. The number of allylic oxidation sites excluding steroid dienone is 1. The van der Waals surface area contributed by atoms with Crippen LogP contribution in [0.15, 0.2) is 184 Å². The number of hydrogen-bond acceptors (Lipinski definition) is 10. The van der Waals surface area contributed by atoms with E-state index in [0.29, 0.717) is 49.1 Å². The van der Waals surface area contributed by atoms with Crippen LogP contribution >= 0.6 is 0 Å². The summed E-state index contributed by atoms with van der Waals surface area (Å²) in [6.45, 7) is 2.44. The first-order valence-corrected chi connectivity index (χ1v) is 20.9. The zero-order valence-electron chi connectivity index (χ0n) is 34.3. The van der Waals surface area contributed by atoms with Crippen LogP contribution in [-0.4, -0.2) is 32.2 Å². The van der Waals surface area contributed by atoms with Gasteiger partial charge in [-0.15, -0.1) is 0 Å². The SMILES string of the molecule is O=C(/C=C(\[O-])c1ccc(OCCCCCCOc2ccc(N=Nc3ccccc3)cc2)cc1)c1ccc(OCCCCCCOc2ccc(N=Nc3ccccc3)cc2)cc1. The second-order valence-corrected chi connectivity index (χ2v) is 14.2. The predicted octanol–water partition coefficient (Wildman–Crippen LogP) is 13.1. The van der Waals surface area contributed by atoms with E-state index >= 15 is 0 Å². The van der Waals surface area contributed by atoms with Crippen LogP contribution in [0.3, 0.4) is 0 Å². The fourth-order valence-corrected chi connectivity index (χ4v) is 6.03. The van der Waals surface area contributed by atoms with Gasteiger partial charge < -0.3 is 24.1 Å². The lowest BCUT2D eigenvalue weighted by atomic mass is 10.1. The highest BCUT2D eigenvalue weighted by atomic mass is 16.5. The zero-order chi connectivity index (χ0) is 42.2. The van der Waals surface area contributed by atoms with Gasteiger partial charge in [-0.3, -0.25) is 4.79 Å². The Morgan fingerprint density at radius 3 is 1.02 bits per heavy atom. The molecule has 312 valence electrons. The number of benzene rings is 6. The van der Waals surface area contributed by atoms with E-state index in [1.54, 1.807) is 48.5 Å². The average molecular weight is 816 g/mol. The van der Waals surface area contributed by atoms with Gasteiger partial charge in [-0.1, -0.05) is 54.3 Å². The first-order chi connectivity index (χ1) is 30.1. The first kappa shape index (κ1) is 43.5. The number of carbonyl (C=O) groups is 1. The van der Waals surface area contributed by atoms with Gasteiger partial charge in [-0.2, -0.15) is 20.5 Å². The Morgan fingerprint density at radius 2 is 0.672 bits per heavy atom. The van der Waals surface area contributed by atoms with Gasteiger partial charge in [-0.05, 0) is 172 Å². The van der Waals surface area contributed by atoms with Crippen LogP contribution in [-0.2, 0) is 0 Å². The fourth-order valence-electron chi connectivity index (χ4n) is 6.03. The Bertz CT molecular complexity index is 2260. The highest BCUT2D eigenvalue weighted by Gasteiger charge is 2.05. The van der Waals surface area contributed by atoms with Crippen LogP contribution in [0.4, 0.5) is 22.7 Å². The minimum atomic E-state index is -0.353. The lowest BCUT2D eigenvalue weighted by Gasteiger charge is -2.13. The summed E-state index contributed by atoms with van der Waals surface area (Å²) in [6.07, 6.45) is 8.93. The molecule has 0 aliphatic rings. The number of rotatable bonds is 25. The molecular formula is C51H51N4O6-. The van der Waals surface area contributed by atoms with Crippen molar-refractivity contribution >= 4 is 34.3 Å². The smallest absolute Gasteiger partial charge is 0.185 e. The van der Waals surface area contributed by atoms with Gasteiger partial charge in [0.05, 0.1) is 49.2 Å². The lowest BCUT2D eigenvalue weighted by molar-refractivity contribution is -0.243. The first-order valence-electron chi connectivity index (χ1n) is 20.9. The summed E-state index contributed by atoms with van der Waals surface area (Å²) in [5.74, 6) is 2.29. The average Bonchev–Trinajstić information content (AvgIpc) is 3.31. The minimum absolute atomic E-state index is 0.353. The van der Waals surface area contributed by atoms with Crippen LogP contribution < -0.4 is 24.1 Å². The molecule has 6 aromatic carbocycles. The van der Waals surface area contributed by atoms with Crippen molar-refractivity contribution in [2.24, 2.45) is 20.5 Å². The molecule has 6 aromatic rings. The maximum Gasteiger partial charge on any atom is 0.185 e. The molecule has 61 heavy (non-hydrogen) atoms. The fraction of sp³-hybridized carbons (Fsp3) is 0.235. The molecule has 6 rings (SSSR count). The molecular weight excluding hydrogens is 765 g/mol. The van der Waals surface area contributed by atoms with E-state index in [2.05, 4.69) is 20.5 Å². The molecule has 0 fully saturated rings. The third-order valence-corrected chi connectivity index (χ3v) is 9.44. The Kier molecular flexibility index (Phi) is 17.7. The van der Waals surface area contributed by atoms with Crippen molar-refractivity contribution in [1.29, 1.82) is 0 Å². The molecule has 0 amide bonds. The molecule has 10 nitrogen and oxygen atoms in total. The summed E-state index contributed by atoms with van der Waals surface area (Å²) in [4.78, 5) is 12.8. The van der Waals surface area contributed by atoms with Crippen LogP contribution in [0.2, 0.25) is 0 Å². The summed E-state index contributed by atoms with van der Waals surface area (Å²) >= 11 is 0. The molecule has 0 heterocycles. The summed E-state index contributed by atoms with van der Waals surface area (Å²) in [6, 6.07) is 48.2. The van der Waals surface area contributed by atoms with Crippen molar-refractivity contribution in [2.45, 2.75) is 51.4 Å². The lowest BCUT2D eigenvalue weighted by Crippen LogP contribution is -2.06. The Morgan fingerprint density at radius 1 is 0.377 bits per heavy atom. The van der Waals surface area contributed by atoms with Crippen molar-refractivity contribution in [3.8, 4) is 23.0 Å². The van der Waals surface area contributed by atoms with Gasteiger partial charge in [0.25, 0.3) is 0 Å². The Balaban J connectivity index is 0.780. The third kappa shape index (κ3) is 15.9. The number of carbonyl (C=O) groups excluding carboxylic acids is 1. The number of azo groups is 2. The highest BCUT2D eigenvalue weighted by molar-refractivity contribution is 6.07. The Hall–Kier alpha value is -7.07. The zero-order valence-corrected chi connectivity index (χ0v) is 34.3. The van der Waals surface area contributed by atoms with Gasteiger partial charge >= 0.3 is 0 Å². The van der Waals surface area contributed by atoms with Gasteiger partial charge in [0.15, 0.2) is 5.78 Å². The summed E-state index contributed by atoms with van der Waals surface area (Å²) < 4.78 is 23.5. The molecule has 0 radical (unpaired) electrons. The van der Waals surface area contributed by atoms with E-state index in [9.17, 15) is 9.90 Å². The predicted molar refractivity (Wildman–Crippen MR) is 238 cm³/mol. The van der Waals surface area contributed by atoms with Crippen molar-refractivity contribution in [2.75, 3.05) is 26.4 Å². The summed E-state index contributed by atoms with van der Waals surface area (Å²) in [5, 5.41) is 29.8. The molecule has 10 heteroatoms. The minimum Gasteiger partial charge on any atom is -0.872 e. The number of unbranched alkanes of at least 4 members (excludes halogenated alkanes) is 6. The van der Waals surface area contributed by atoms with Crippen molar-refractivity contribution in [1.82, 2.24) is 0 Å². The molecule has 0 spiro atoms. The number of ether oxygens (including phenoxy) is 4. The van der Waals surface area contributed by atoms with E-state index < -0.39 is 0 Å². The topological polar surface area (TPSA) is 126 Å². The summed E-state index contributed by atoms with van der Waals surface area (Å²) in [7, 11) is 0. The van der Waals surface area contributed by atoms with E-state index in [1.807, 2.05) is 109 Å². The second kappa shape index (κ2) is 24.8. The van der Waals surface area contributed by atoms with E-state index in [0.717, 1.165) is 91.7 Å².